The molecule has 1 amide bonds. The summed E-state index contributed by atoms with van der Waals surface area (Å²) in [6.45, 7) is 3.53. The van der Waals surface area contributed by atoms with Crippen molar-refractivity contribution in [3.8, 4) is 0 Å². The lowest BCUT2D eigenvalue weighted by atomic mass is 10.1. The smallest absolute Gasteiger partial charge is 0.325 e. The highest BCUT2D eigenvalue weighted by atomic mass is 16.4. The number of aromatic amines is 1. The van der Waals surface area contributed by atoms with Gasteiger partial charge < -0.3 is 15.4 Å². The van der Waals surface area contributed by atoms with E-state index in [-0.39, 0.29) is 12.3 Å². The first-order chi connectivity index (χ1) is 9.52. The van der Waals surface area contributed by atoms with Crippen LogP contribution in [-0.4, -0.2) is 28.0 Å². The van der Waals surface area contributed by atoms with Crippen molar-refractivity contribution < 1.29 is 14.7 Å². The summed E-state index contributed by atoms with van der Waals surface area (Å²) >= 11 is 0. The number of hydrogen-bond acceptors (Lipinski definition) is 2. The standard InChI is InChI=1S/C15H18N2O3/c1-3-10-5-4-6-12-11(8-16-14(10)12)7-13(18)17-9(2)15(19)20/h4-6,8-9,16H,3,7H2,1-2H3,(H,17,18)(H,19,20)/t9-/m0/s1. The number of aromatic nitrogens is 1. The molecule has 20 heavy (non-hydrogen) atoms. The van der Waals surface area contributed by atoms with Gasteiger partial charge in [-0.05, 0) is 24.5 Å². The summed E-state index contributed by atoms with van der Waals surface area (Å²) in [7, 11) is 0. The number of carboxylic acids is 1. The van der Waals surface area contributed by atoms with Gasteiger partial charge in [0.25, 0.3) is 0 Å². The van der Waals surface area contributed by atoms with Crippen molar-refractivity contribution in [2.75, 3.05) is 0 Å². The van der Waals surface area contributed by atoms with Crippen LogP contribution < -0.4 is 5.32 Å². The molecule has 0 spiro atoms. The van der Waals surface area contributed by atoms with Gasteiger partial charge in [0.15, 0.2) is 0 Å². The molecule has 1 heterocycles. The van der Waals surface area contributed by atoms with Gasteiger partial charge in [-0.15, -0.1) is 0 Å². The van der Waals surface area contributed by atoms with E-state index >= 15 is 0 Å². The minimum Gasteiger partial charge on any atom is -0.480 e. The molecule has 3 N–H and O–H groups in total. The lowest BCUT2D eigenvalue weighted by Gasteiger charge is -2.08. The van der Waals surface area contributed by atoms with Crippen LogP contribution in [0.3, 0.4) is 0 Å². The Kier molecular flexibility index (Phi) is 4.08. The van der Waals surface area contributed by atoms with E-state index < -0.39 is 12.0 Å². The molecule has 0 aliphatic rings. The van der Waals surface area contributed by atoms with E-state index in [0.717, 1.165) is 22.9 Å². The van der Waals surface area contributed by atoms with E-state index in [4.69, 9.17) is 5.11 Å². The number of nitrogens with one attached hydrogen (secondary N) is 2. The van der Waals surface area contributed by atoms with Crippen molar-refractivity contribution in [3.63, 3.8) is 0 Å². The van der Waals surface area contributed by atoms with Crippen LogP contribution in [-0.2, 0) is 22.4 Å². The Balaban J connectivity index is 2.18. The Bertz CT molecular complexity index is 646. The molecule has 0 aliphatic carbocycles. The molecule has 106 valence electrons. The van der Waals surface area contributed by atoms with E-state index in [1.165, 1.54) is 12.5 Å². The zero-order valence-corrected chi connectivity index (χ0v) is 11.6. The average molecular weight is 274 g/mol. The van der Waals surface area contributed by atoms with E-state index in [9.17, 15) is 9.59 Å². The van der Waals surface area contributed by atoms with Gasteiger partial charge in [-0.1, -0.05) is 25.1 Å². The van der Waals surface area contributed by atoms with Gasteiger partial charge in [0.05, 0.1) is 6.42 Å². The van der Waals surface area contributed by atoms with Crippen LogP contribution in [0.2, 0.25) is 0 Å². The summed E-state index contributed by atoms with van der Waals surface area (Å²) in [6, 6.07) is 5.11. The Labute approximate surface area is 117 Å². The van der Waals surface area contributed by atoms with Crippen molar-refractivity contribution in [1.82, 2.24) is 10.3 Å². The van der Waals surface area contributed by atoms with Gasteiger partial charge in [-0.3, -0.25) is 9.59 Å². The number of carbonyl (C=O) groups is 2. The molecule has 0 saturated carbocycles. The van der Waals surface area contributed by atoms with E-state index in [1.807, 2.05) is 18.3 Å². The zero-order chi connectivity index (χ0) is 14.7. The molecule has 5 heteroatoms. The summed E-state index contributed by atoms with van der Waals surface area (Å²) in [5.74, 6) is -1.33. The second-order valence-electron chi connectivity index (χ2n) is 4.81. The number of aliphatic carboxylic acids is 1. The first-order valence-corrected chi connectivity index (χ1v) is 6.63. The van der Waals surface area contributed by atoms with Crippen LogP contribution in [0.5, 0.6) is 0 Å². The highest BCUT2D eigenvalue weighted by Gasteiger charge is 2.15. The number of rotatable bonds is 5. The summed E-state index contributed by atoms with van der Waals surface area (Å²) in [5, 5.41) is 12.3. The SMILES string of the molecule is CCc1cccc2c(CC(=O)N[C@@H](C)C(=O)O)c[nH]c12. The van der Waals surface area contributed by atoms with Crippen LogP contribution in [0.25, 0.3) is 10.9 Å². The second-order valence-corrected chi connectivity index (χ2v) is 4.81. The lowest BCUT2D eigenvalue weighted by molar-refractivity contribution is -0.141. The van der Waals surface area contributed by atoms with Crippen molar-refractivity contribution >= 4 is 22.8 Å². The maximum atomic E-state index is 11.8. The Morgan fingerprint density at radius 2 is 2.10 bits per heavy atom. The summed E-state index contributed by atoms with van der Waals surface area (Å²) < 4.78 is 0. The van der Waals surface area contributed by atoms with Crippen LogP contribution in [0.15, 0.2) is 24.4 Å². The van der Waals surface area contributed by atoms with Gasteiger partial charge in [0, 0.05) is 17.1 Å². The van der Waals surface area contributed by atoms with Gasteiger partial charge in [0.1, 0.15) is 6.04 Å². The Hall–Kier alpha value is -2.30. The van der Waals surface area contributed by atoms with Crippen LogP contribution in [0.4, 0.5) is 0 Å². The number of fused-ring (bicyclic) bond motifs is 1. The van der Waals surface area contributed by atoms with E-state index in [0.29, 0.717) is 0 Å². The number of amides is 1. The minimum absolute atomic E-state index is 0.171. The number of carboxylic acid groups (broad SMARTS) is 1. The third-order valence-corrected chi connectivity index (χ3v) is 3.37. The molecule has 2 rings (SSSR count). The van der Waals surface area contributed by atoms with Gasteiger partial charge in [0.2, 0.25) is 5.91 Å². The lowest BCUT2D eigenvalue weighted by Crippen LogP contribution is -2.39. The number of benzene rings is 1. The number of carbonyl (C=O) groups excluding carboxylic acids is 1. The summed E-state index contributed by atoms with van der Waals surface area (Å²) in [6.07, 6.45) is 2.90. The molecule has 1 atom stereocenters. The summed E-state index contributed by atoms with van der Waals surface area (Å²) in [5.41, 5.74) is 3.13. The largest absolute Gasteiger partial charge is 0.480 e. The molecule has 0 unspecified atom stereocenters. The summed E-state index contributed by atoms with van der Waals surface area (Å²) in [4.78, 5) is 25.7. The van der Waals surface area contributed by atoms with E-state index in [2.05, 4.69) is 23.3 Å². The van der Waals surface area contributed by atoms with Crippen LogP contribution in [0, 0.1) is 0 Å². The normalized spacial score (nSPS) is 12.3. The molecular formula is C15H18N2O3. The fraction of sp³-hybridized carbons (Fsp3) is 0.333. The first kappa shape index (κ1) is 14.1. The Morgan fingerprint density at radius 1 is 1.35 bits per heavy atom. The molecule has 0 radical (unpaired) electrons. The molecule has 0 bridgehead atoms. The van der Waals surface area contributed by atoms with Crippen molar-refractivity contribution in [2.24, 2.45) is 0 Å². The predicted octanol–water partition coefficient (Wildman–Crippen LogP) is 1.86. The third-order valence-electron chi connectivity index (χ3n) is 3.37. The number of para-hydroxylation sites is 1. The number of aryl methyl sites for hydroxylation is 1. The molecule has 0 aliphatic heterocycles. The molecule has 0 fully saturated rings. The van der Waals surface area contributed by atoms with Crippen molar-refractivity contribution in [1.29, 1.82) is 0 Å². The third kappa shape index (κ3) is 2.82. The molecule has 5 nitrogen and oxygen atoms in total. The molecule has 0 saturated heterocycles. The molecular weight excluding hydrogens is 256 g/mol. The molecule has 2 aromatic rings. The fourth-order valence-electron chi connectivity index (χ4n) is 2.24. The first-order valence-electron chi connectivity index (χ1n) is 6.63. The minimum atomic E-state index is -1.04. The van der Waals surface area contributed by atoms with Crippen LogP contribution >= 0.6 is 0 Å². The fourth-order valence-corrected chi connectivity index (χ4v) is 2.24. The van der Waals surface area contributed by atoms with Crippen molar-refractivity contribution in [2.45, 2.75) is 32.7 Å². The maximum Gasteiger partial charge on any atom is 0.325 e. The topological polar surface area (TPSA) is 82.2 Å². The zero-order valence-electron chi connectivity index (χ0n) is 11.6. The number of hydrogen-bond donors (Lipinski definition) is 3. The monoisotopic (exact) mass is 274 g/mol. The van der Waals surface area contributed by atoms with Crippen LogP contribution in [0.1, 0.15) is 25.0 Å². The quantitative estimate of drug-likeness (QED) is 0.778. The second kappa shape index (κ2) is 5.77. The van der Waals surface area contributed by atoms with Gasteiger partial charge in [-0.25, -0.2) is 0 Å². The van der Waals surface area contributed by atoms with Gasteiger partial charge in [-0.2, -0.15) is 0 Å². The van der Waals surface area contributed by atoms with E-state index in [1.54, 1.807) is 0 Å². The van der Waals surface area contributed by atoms with Gasteiger partial charge >= 0.3 is 5.97 Å². The molecule has 1 aromatic heterocycles. The predicted molar refractivity (Wildman–Crippen MR) is 76.6 cm³/mol. The van der Waals surface area contributed by atoms with Crippen molar-refractivity contribution in [3.05, 3.63) is 35.5 Å². The Morgan fingerprint density at radius 3 is 2.75 bits per heavy atom. The highest BCUT2D eigenvalue weighted by Crippen LogP contribution is 2.22. The number of H-pyrrole nitrogens is 1. The maximum absolute atomic E-state index is 11.8. The average Bonchev–Trinajstić information content (AvgIpc) is 2.81. The molecule has 1 aromatic carbocycles. The highest BCUT2D eigenvalue weighted by molar-refractivity contribution is 5.91.